The molecule has 0 bridgehead atoms. The first kappa shape index (κ1) is 24.8. The van der Waals surface area contributed by atoms with E-state index in [1.165, 1.54) is 6.20 Å². The summed E-state index contributed by atoms with van der Waals surface area (Å²) < 4.78 is 25.6. The molecule has 1 aromatic heterocycles. The number of rotatable bonds is 12. The van der Waals surface area contributed by atoms with Gasteiger partial charge >= 0.3 is 0 Å². The lowest BCUT2D eigenvalue weighted by Crippen LogP contribution is -2.30. The average molecular weight is 471 g/mol. The number of carbonyl (C=O) groups is 2. The Morgan fingerprint density at radius 3 is 2.61 bits per heavy atom. The number of aromatic nitrogens is 2. The number of carbonyl (C=O) groups excluding carboxylic acids is 2. The molecule has 2 amide bonds. The fraction of sp³-hybridized carbons (Fsp3) is 0.450. The predicted octanol–water partition coefficient (Wildman–Crippen LogP) is 2.97. The molecule has 0 aliphatic carbocycles. The van der Waals surface area contributed by atoms with E-state index < -0.39 is 16.8 Å². The Morgan fingerprint density at radius 2 is 2.03 bits per heavy atom. The second-order valence-electron chi connectivity index (χ2n) is 6.80. The van der Waals surface area contributed by atoms with E-state index in [0.717, 1.165) is 27.8 Å². The smallest absolute Gasteiger partial charge is 0.287 e. The molecule has 9 nitrogen and oxygen atoms in total. The summed E-state index contributed by atoms with van der Waals surface area (Å²) in [6.45, 7) is 6.27. The fourth-order valence-corrected chi connectivity index (χ4v) is 3.75. The van der Waals surface area contributed by atoms with E-state index in [0.29, 0.717) is 42.5 Å². The number of anilines is 1. The van der Waals surface area contributed by atoms with Crippen LogP contribution in [0.5, 0.6) is 0 Å². The van der Waals surface area contributed by atoms with Crippen molar-refractivity contribution in [1.82, 2.24) is 13.9 Å². The molecule has 0 N–H and O–H groups in total. The monoisotopic (exact) mass is 470 g/mol. The van der Waals surface area contributed by atoms with Crippen LogP contribution in [0.4, 0.5) is 5.69 Å². The number of amides is 2. The van der Waals surface area contributed by atoms with Crippen LogP contribution in [0.3, 0.4) is 0 Å². The molecule has 0 saturated heterocycles. The van der Waals surface area contributed by atoms with Crippen molar-refractivity contribution in [2.24, 2.45) is 0 Å². The maximum Gasteiger partial charge on any atom is 0.287 e. The Morgan fingerprint density at radius 1 is 1.29 bits per heavy atom. The largest absolute Gasteiger partial charge is 0.330 e. The first-order valence-electron chi connectivity index (χ1n) is 9.98. The number of imidazole rings is 1. The van der Waals surface area contributed by atoms with E-state index in [1.54, 1.807) is 36.6 Å². The van der Waals surface area contributed by atoms with Crippen LogP contribution in [0.1, 0.15) is 55.0 Å². The Balaban J connectivity index is 2.21. The summed E-state index contributed by atoms with van der Waals surface area (Å²) in [6, 6.07) is 5.05. The number of aryl methyl sites for hydroxylation is 1. The molecule has 1 heterocycles. The number of hydrogen-bond acceptors (Lipinski definition) is 6. The summed E-state index contributed by atoms with van der Waals surface area (Å²) in [7, 11) is -3.04. The molecule has 0 unspecified atom stereocenters. The number of thiol groups is 1. The van der Waals surface area contributed by atoms with Crippen molar-refractivity contribution in [2.75, 3.05) is 18.2 Å². The van der Waals surface area contributed by atoms with E-state index in [4.69, 9.17) is 16.4 Å². The second kappa shape index (κ2) is 11.8. The lowest BCUT2D eigenvalue weighted by molar-refractivity contribution is -0.113. The quantitative estimate of drug-likeness (QED) is 0.221. The van der Waals surface area contributed by atoms with Gasteiger partial charge in [-0.2, -0.15) is 5.06 Å². The van der Waals surface area contributed by atoms with Crippen LogP contribution in [0.2, 0.25) is 5.02 Å². The zero-order valence-corrected chi connectivity index (χ0v) is 19.4. The molecule has 2 rings (SSSR count). The number of nitrogens with zero attached hydrogens (tertiary/aromatic N) is 4. The van der Waals surface area contributed by atoms with Crippen LogP contribution in [0, 0.1) is 6.92 Å². The van der Waals surface area contributed by atoms with Gasteiger partial charge < -0.3 is 4.57 Å². The molecular formula is C20H27ClN4O5S. The maximum atomic E-state index is 12.7. The molecule has 0 fully saturated rings. The number of hydrogen-bond donors (Lipinski definition) is 1. The Kier molecular flexibility index (Phi) is 9.47. The highest BCUT2D eigenvalue weighted by atomic mass is 35.5. The minimum Gasteiger partial charge on any atom is -0.330 e. The molecule has 1 aromatic carbocycles. The summed E-state index contributed by atoms with van der Waals surface area (Å²) in [4.78, 5) is 33.3. The highest BCUT2D eigenvalue weighted by molar-refractivity contribution is 7.70. The van der Waals surface area contributed by atoms with E-state index in [1.807, 2.05) is 6.92 Å². The topological polar surface area (TPSA) is 102 Å². The standard InChI is InChI=1S/C20H27ClN4O5S/c1-4-6-7-10-25(31(28)29)20(27)19-13-23(15(3)22-19)12-16-8-9-17(11-18(16)21)24(14-26)30-5-2/h8-9,11,13-14,31H,4-7,10,12H2,1-3H3. The third-order valence-electron chi connectivity index (χ3n) is 4.60. The molecular weight excluding hydrogens is 444 g/mol. The molecule has 0 aliphatic heterocycles. The van der Waals surface area contributed by atoms with Gasteiger partial charge in [0.05, 0.1) is 18.8 Å². The summed E-state index contributed by atoms with van der Waals surface area (Å²) in [6.07, 6.45) is 4.43. The first-order chi connectivity index (χ1) is 14.8. The van der Waals surface area contributed by atoms with Gasteiger partial charge in [0.2, 0.25) is 17.3 Å². The molecule has 2 aromatic rings. The van der Waals surface area contributed by atoms with E-state index >= 15 is 0 Å². The Labute approximate surface area is 188 Å². The summed E-state index contributed by atoms with van der Waals surface area (Å²) in [5, 5.41) is 1.50. The van der Waals surface area contributed by atoms with Crippen LogP contribution >= 0.6 is 11.6 Å². The minimum absolute atomic E-state index is 0.0596. The lowest BCUT2D eigenvalue weighted by Gasteiger charge is -2.17. The first-order valence-corrected chi connectivity index (χ1v) is 11.5. The van der Waals surface area contributed by atoms with Gasteiger partial charge in [0, 0.05) is 17.8 Å². The number of hydroxylamine groups is 1. The molecule has 31 heavy (non-hydrogen) atoms. The van der Waals surface area contributed by atoms with Crippen LogP contribution < -0.4 is 5.06 Å². The van der Waals surface area contributed by atoms with Crippen molar-refractivity contribution >= 4 is 40.5 Å². The van der Waals surface area contributed by atoms with Crippen molar-refractivity contribution in [1.29, 1.82) is 0 Å². The van der Waals surface area contributed by atoms with Gasteiger partial charge in [0.15, 0.2) is 0 Å². The van der Waals surface area contributed by atoms with Gasteiger partial charge in [0.1, 0.15) is 11.5 Å². The molecule has 0 radical (unpaired) electrons. The van der Waals surface area contributed by atoms with Crippen molar-refractivity contribution in [3.05, 3.63) is 46.5 Å². The fourth-order valence-electron chi connectivity index (χ4n) is 2.96. The van der Waals surface area contributed by atoms with Crippen LogP contribution in [0.25, 0.3) is 0 Å². The Bertz CT molecular complexity index is 984. The third-order valence-corrected chi connectivity index (χ3v) is 5.72. The van der Waals surface area contributed by atoms with E-state index in [-0.39, 0.29) is 12.2 Å². The molecule has 0 saturated carbocycles. The SMILES string of the molecule is CCCCCN(C(=O)c1cn(Cc2ccc(N(C=O)OCC)cc2Cl)c(C)n1)[SH](=O)=O. The zero-order valence-electron chi connectivity index (χ0n) is 17.8. The van der Waals surface area contributed by atoms with Crippen molar-refractivity contribution in [3.63, 3.8) is 0 Å². The van der Waals surface area contributed by atoms with Gasteiger partial charge in [0.25, 0.3) is 5.91 Å². The molecule has 0 atom stereocenters. The number of unbranched alkanes of at least 4 members (excludes halogenated alkanes) is 2. The second-order valence-corrected chi connectivity index (χ2v) is 8.16. The number of benzene rings is 1. The van der Waals surface area contributed by atoms with E-state index in [9.17, 15) is 18.0 Å². The van der Waals surface area contributed by atoms with Crippen molar-refractivity contribution < 1.29 is 22.8 Å². The van der Waals surface area contributed by atoms with Gasteiger partial charge in [-0.25, -0.2) is 17.7 Å². The summed E-state index contributed by atoms with van der Waals surface area (Å²) >= 11 is 6.38. The Hall–Kier alpha value is -2.43. The highest BCUT2D eigenvalue weighted by Gasteiger charge is 2.21. The van der Waals surface area contributed by atoms with Crippen molar-refractivity contribution in [3.8, 4) is 0 Å². The van der Waals surface area contributed by atoms with Gasteiger partial charge in [-0.15, -0.1) is 0 Å². The molecule has 0 spiro atoms. The average Bonchev–Trinajstić information content (AvgIpc) is 3.10. The summed E-state index contributed by atoms with van der Waals surface area (Å²) in [5.74, 6) is -0.101. The zero-order chi connectivity index (χ0) is 23.0. The van der Waals surface area contributed by atoms with Gasteiger partial charge in [-0.3, -0.25) is 14.4 Å². The van der Waals surface area contributed by atoms with Crippen molar-refractivity contribution in [2.45, 2.75) is 46.6 Å². The van der Waals surface area contributed by atoms with Crippen LogP contribution in [0.15, 0.2) is 24.4 Å². The lowest BCUT2D eigenvalue weighted by atomic mass is 10.2. The van der Waals surface area contributed by atoms with Gasteiger partial charge in [-0.1, -0.05) is 37.4 Å². The summed E-state index contributed by atoms with van der Waals surface area (Å²) in [5.41, 5.74) is 1.29. The predicted molar refractivity (Wildman–Crippen MR) is 119 cm³/mol. The highest BCUT2D eigenvalue weighted by Crippen LogP contribution is 2.25. The van der Waals surface area contributed by atoms with Crippen LogP contribution in [-0.4, -0.2) is 47.7 Å². The van der Waals surface area contributed by atoms with Crippen LogP contribution in [-0.2, 0) is 27.1 Å². The van der Waals surface area contributed by atoms with E-state index in [2.05, 4.69) is 4.98 Å². The minimum atomic E-state index is -3.04. The van der Waals surface area contributed by atoms with Gasteiger partial charge in [-0.05, 0) is 38.0 Å². The maximum absolute atomic E-state index is 12.7. The molecule has 0 aliphatic rings. The normalized spacial score (nSPS) is 11.0. The third kappa shape index (κ3) is 6.52. The molecule has 11 heteroatoms. The number of halogens is 1. The molecule has 170 valence electrons.